The van der Waals surface area contributed by atoms with Gasteiger partial charge in [0.15, 0.2) is 5.79 Å². The molecule has 256 valence electrons. The van der Waals surface area contributed by atoms with Crippen molar-refractivity contribution in [3.63, 3.8) is 0 Å². The van der Waals surface area contributed by atoms with Gasteiger partial charge in [0.25, 0.3) is 0 Å². The number of aliphatic hydroxyl groups excluding tert-OH is 2. The average molecular weight is 625 g/mol. The molecule has 1 heterocycles. The van der Waals surface area contributed by atoms with Gasteiger partial charge < -0.3 is 34.3 Å². The number of rotatable bonds is 16. The van der Waals surface area contributed by atoms with Gasteiger partial charge in [-0.3, -0.25) is 4.79 Å². The van der Waals surface area contributed by atoms with Gasteiger partial charge in [-0.25, -0.2) is 0 Å². The van der Waals surface area contributed by atoms with Gasteiger partial charge in [0.05, 0.1) is 30.5 Å². The van der Waals surface area contributed by atoms with Crippen LogP contribution >= 0.6 is 0 Å². The average Bonchev–Trinajstić information content (AvgIpc) is 2.94. The highest BCUT2D eigenvalue weighted by molar-refractivity contribution is 5.82. The fourth-order valence-corrected chi connectivity index (χ4v) is 7.33. The van der Waals surface area contributed by atoms with Crippen LogP contribution in [0.3, 0.4) is 0 Å². The Kier molecular flexibility index (Phi) is 15.7. The number of ether oxygens (including phenoxy) is 4. The Morgan fingerprint density at radius 1 is 1.05 bits per heavy atom. The molecule has 0 amide bonds. The van der Waals surface area contributed by atoms with E-state index in [2.05, 4.69) is 19.9 Å². The molecule has 0 unspecified atom stereocenters. The van der Waals surface area contributed by atoms with Crippen LogP contribution in [0.2, 0.25) is 0 Å². The van der Waals surface area contributed by atoms with E-state index >= 15 is 0 Å². The SMILES string of the molecule is CO[C@@H](C[C@@H](C)C/C(C)=C/[C@@H](C)C(=O)C[C@H](O)[C@@H](C)[C@H](OC)/C(C)=C/[C@@H]1CC[C@@H](O)[C@H](C)C1)[C@H]1O[C@](C)(O)[C@H](C)C[C@@H]1OC. The van der Waals surface area contributed by atoms with Crippen LogP contribution in [0.15, 0.2) is 23.3 Å². The van der Waals surface area contributed by atoms with Crippen LogP contribution < -0.4 is 0 Å². The largest absolute Gasteiger partial charge is 0.393 e. The summed E-state index contributed by atoms with van der Waals surface area (Å²) < 4.78 is 23.5. The Morgan fingerprint density at radius 2 is 1.70 bits per heavy atom. The lowest BCUT2D eigenvalue weighted by Gasteiger charge is -2.46. The maximum Gasteiger partial charge on any atom is 0.165 e. The number of hydrogen-bond acceptors (Lipinski definition) is 8. The number of Topliss-reactive ketones (excluding diaryl/α,β-unsaturated/α-hetero) is 1. The van der Waals surface area contributed by atoms with Crippen molar-refractivity contribution in [3.05, 3.63) is 23.3 Å². The summed E-state index contributed by atoms with van der Waals surface area (Å²) in [6, 6.07) is 0. The molecular formula is C36H64O8. The second-order valence-corrected chi connectivity index (χ2v) is 14.5. The van der Waals surface area contributed by atoms with E-state index in [1.165, 1.54) is 0 Å². The molecule has 8 nitrogen and oxygen atoms in total. The van der Waals surface area contributed by atoms with Gasteiger partial charge in [-0.05, 0) is 82.6 Å². The van der Waals surface area contributed by atoms with Crippen LogP contribution in [0.5, 0.6) is 0 Å². The lowest BCUT2D eigenvalue weighted by atomic mass is 9.78. The molecule has 2 rings (SSSR count). The third-order valence-electron chi connectivity index (χ3n) is 10.4. The zero-order valence-electron chi connectivity index (χ0n) is 29.4. The molecule has 1 saturated heterocycles. The summed E-state index contributed by atoms with van der Waals surface area (Å²) in [4.78, 5) is 13.2. The van der Waals surface area contributed by atoms with Crippen LogP contribution in [-0.2, 0) is 23.7 Å². The molecule has 0 spiro atoms. The van der Waals surface area contributed by atoms with Gasteiger partial charge in [-0.15, -0.1) is 0 Å². The maximum absolute atomic E-state index is 13.2. The van der Waals surface area contributed by atoms with E-state index in [0.29, 0.717) is 12.3 Å². The topological polar surface area (TPSA) is 115 Å². The van der Waals surface area contributed by atoms with Crippen LogP contribution in [-0.4, -0.2) is 84.8 Å². The lowest BCUT2D eigenvalue weighted by molar-refractivity contribution is -0.312. The number of aliphatic hydroxyl groups is 3. The van der Waals surface area contributed by atoms with E-state index in [9.17, 15) is 20.1 Å². The van der Waals surface area contributed by atoms with Crippen molar-refractivity contribution in [2.24, 2.45) is 35.5 Å². The van der Waals surface area contributed by atoms with Crippen molar-refractivity contribution in [1.29, 1.82) is 0 Å². The molecule has 0 aromatic rings. The Hall–Kier alpha value is -1.13. The van der Waals surface area contributed by atoms with Crippen LogP contribution in [0.1, 0.15) is 100 Å². The van der Waals surface area contributed by atoms with Gasteiger partial charge >= 0.3 is 0 Å². The van der Waals surface area contributed by atoms with E-state index in [1.54, 1.807) is 28.3 Å². The predicted molar refractivity (Wildman–Crippen MR) is 174 cm³/mol. The number of ketones is 1. The molecule has 0 aromatic heterocycles. The first kappa shape index (κ1) is 39.1. The van der Waals surface area contributed by atoms with Gasteiger partial charge in [0.1, 0.15) is 11.9 Å². The molecule has 8 heteroatoms. The second-order valence-electron chi connectivity index (χ2n) is 14.5. The summed E-state index contributed by atoms with van der Waals surface area (Å²) in [6.45, 7) is 15.8. The minimum Gasteiger partial charge on any atom is -0.393 e. The molecule has 0 aromatic carbocycles. The van der Waals surface area contributed by atoms with Gasteiger partial charge in [0, 0.05) is 45.5 Å². The Morgan fingerprint density at radius 3 is 2.27 bits per heavy atom. The Balaban J connectivity index is 1.94. The smallest absolute Gasteiger partial charge is 0.165 e. The quantitative estimate of drug-likeness (QED) is 0.183. The van der Waals surface area contributed by atoms with Gasteiger partial charge in [-0.2, -0.15) is 0 Å². The third-order valence-corrected chi connectivity index (χ3v) is 10.4. The first-order chi connectivity index (χ1) is 20.5. The number of hydrogen-bond donors (Lipinski definition) is 3. The normalized spacial score (nSPS) is 34.6. The standard InChI is InChI=1S/C36H64O8/c1-21(14-22(2)16-32(41-9)35-33(42-10)19-26(6)36(8,40)44-35)15-23(3)30(38)20-31(39)27(7)34(43-11)25(5)18-28-12-13-29(37)24(4)17-28/h15,18,22-24,26-29,31-35,37,39-40H,12-14,16-17,19-20H2,1-11H3/b21-15+,25-18+/t22-,23+,24+,26+,27+,28+,29+,31-,32-,33-,34+,35+,36-/m0/s1. The highest BCUT2D eigenvalue weighted by atomic mass is 16.7. The van der Waals surface area contributed by atoms with Gasteiger partial charge in [0.2, 0.25) is 0 Å². The maximum atomic E-state index is 13.2. The first-order valence-corrected chi connectivity index (χ1v) is 16.8. The highest BCUT2D eigenvalue weighted by Gasteiger charge is 2.46. The zero-order chi connectivity index (χ0) is 33.4. The highest BCUT2D eigenvalue weighted by Crippen LogP contribution is 2.37. The van der Waals surface area contributed by atoms with Crippen LogP contribution in [0.25, 0.3) is 0 Å². The van der Waals surface area contributed by atoms with Crippen molar-refractivity contribution in [2.75, 3.05) is 21.3 Å². The molecule has 13 atom stereocenters. The summed E-state index contributed by atoms with van der Waals surface area (Å²) in [5.74, 6) is -0.909. The van der Waals surface area contributed by atoms with Crippen LogP contribution in [0.4, 0.5) is 0 Å². The Bertz CT molecular complexity index is 944. The zero-order valence-corrected chi connectivity index (χ0v) is 29.4. The summed E-state index contributed by atoms with van der Waals surface area (Å²) in [5, 5.41) is 31.9. The Labute approximate surface area is 267 Å². The molecule has 1 aliphatic heterocycles. The van der Waals surface area contributed by atoms with E-state index in [4.69, 9.17) is 18.9 Å². The molecule has 0 radical (unpaired) electrons. The van der Waals surface area contributed by atoms with E-state index < -0.39 is 11.9 Å². The molecule has 0 bridgehead atoms. The number of methoxy groups -OCH3 is 3. The molecule has 3 N–H and O–H groups in total. The molecule has 44 heavy (non-hydrogen) atoms. The van der Waals surface area contributed by atoms with E-state index in [0.717, 1.165) is 43.3 Å². The number of carbonyl (C=O) groups excluding carboxylic acids is 1. The summed E-state index contributed by atoms with van der Waals surface area (Å²) >= 11 is 0. The van der Waals surface area contributed by atoms with E-state index in [1.807, 2.05) is 40.7 Å². The molecule has 1 aliphatic carbocycles. The predicted octanol–water partition coefficient (Wildman–Crippen LogP) is 5.86. The number of allylic oxidation sites excluding steroid dienone is 3. The van der Waals surface area contributed by atoms with Crippen LogP contribution in [0, 0.1) is 35.5 Å². The van der Waals surface area contributed by atoms with E-state index in [-0.39, 0.29) is 72.3 Å². The lowest BCUT2D eigenvalue weighted by Crippen LogP contribution is -2.56. The molecular weight excluding hydrogens is 560 g/mol. The second kappa shape index (κ2) is 17.7. The molecule has 2 aliphatic rings. The monoisotopic (exact) mass is 624 g/mol. The summed E-state index contributed by atoms with van der Waals surface area (Å²) in [7, 11) is 5.00. The summed E-state index contributed by atoms with van der Waals surface area (Å²) in [5.41, 5.74) is 2.19. The van der Waals surface area contributed by atoms with Crippen molar-refractivity contribution < 1.29 is 39.1 Å². The molecule has 2 fully saturated rings. The van der Waals surface area contributed by atoms with Crippen molar-refractivity contribution in [2.45, 2.75) is 143 Å². The fourth-order valence-electron chi connectivity index (χ4n) is 7.33. The van der Waals surface area contributed by atoms with Crippen molar-refractivity contribution >= 4 is 5.78 Å². The third kappa shape index (κ3) is 11.0. The van der Waals surface area contributed by atoms with Crippen molar-refractivity contribution in [3.8, 4) is 0 Å². The first-order valence-electron chi connectivity index (χ1n) is 16.8. The van der Waals surface area contributed by atoms with Crippen molar-refractivity contribution in [1.82, 2.24) is 0 Å². The fraction of sp³-hybridized carbons (Fsp3) is 0.861. The number of carbonyl (C=O) groups is 1. The molecule has 1 saturated carbocycles. The minimum atomic E-state index is -1.23. The minimum absolute atomic E-state index is 0.00703. The van der Waals surface area contributed by atoms with Gasteiger partial charge in [-0.1, -0.05) is 52.3 Å². The summed E-state index contributed by atoms with van der Waals surface area (Å²) in [6.07, 6.45) is 7.14.